The zero-order valence-corrected chi connectivity index (χ0v) is 14.2. The van der Waals surface area contributed by atoms with Crippen molar-refractivity contribution in [2.24, 2.45) is 0 Å². The molecule has 1 aliphatic heterocycles. The number of nitrogens with zero attached hydrogens (tertiary/aromatic N) is 5. The Hall–Kier alpha value is -2.61. The van der Waals surface area contributed by atoms with Gasteiger partial charge in [-0.15, -0.1) is 16.4 Å². The van der Waals surface area contributed by atoms with Gasteiger partial charge in [0.05, 0.1) is 18.8 Å². The van der Waals surface area contributed by atoms with Gasteiger partial charge in [-0.25, -0.2) is 14.1 Å². The van der Waals surface area contributed by atoms with E-state index in [4.69, 9.17) is 0 Å². The van der Waals surface area contributed by atoms with E-state index in [1.807, 2.05) is 10.3 Å². The van der Waals surface area contributed by atoms with Gasteiger partial charge < -0.3 is 4.90 Å². The van der Waals surface area contributed by atoms with Crippen LogP contribution >= 0.6 is 11.3 Å². The summed E-state index contributed by atoms with van der Waals surface area (Å²) in [5, 5.41) is 10.9. The molecule has 1 atom stereocenters. The van der Waals surface area contributed by atoms with Gasteiger partial charge in [0, 0.05) is 18.1 Å². The second-order valence-electron chi connectivity index (χ2n) is 5.95. The SMILES string of the molecule is O=C(c1cn(Cc2ccc(F)cc2)nn1)N1CCCC1c1nccs1. The molecule has 0 bridgehead atoms. The minimum Gasteiger partial charge on any atom is -0.328 e. The van der Waals surface area contributed by atoms with Gasteiger partial charge >= 0.3 is 0 Å². The van der Waals surface area contributed by atoms with E-state index in [2.05, 4.69) is 15.3 Å². The Morgan fingerprint density at radius 3 is 2.92 bits per heavy atom. The van der Waals surface area contributed by atoms with Crippen molar-refractivity contribution in [2.45, 2.75) is 25.4 Å². The van der Waals surface area contributed by atoms with Gasteiger partial charge in [-0.05, 0) is 30.5 Å². The first-order valence-corrected chi connectivity index (χ1v) is 8.93. The van der Waals surface area contributed by atoms with E-state index >= 15 is 0 Å². The summed E-state index contributed by atoms with van der Waals surface area (Å²) >= 11 is 1.57. The van der Waals surface area contributed by atoms with Crippen LogP contribution in [0.25, 0.3) is 0 Å². The molecule has 1 aromatic carbocycles. The second-order valence-corrected chi connectivity index (χ2v) is 6.88. The van der Waals surface area contributed by atoms with Crippen LogP contribution in [0.4, 0.5) is 4.39 Å². The number of benzene rings is 1. The predicted molar refractivity (Wildman–Crippen MR) is 90.6 cm³/mol. The number of halogens is 1. The van der Waals surface area contributed by atoms with Crippen LogP contribution in [0.2, 0.25) is 0 Å². The highest BCUT2D eigenvalue weighted by molar-refractivity contribution is 7.09. The summed E-state index contributed by atoms with van der Waals surface area (Å²) in [6, 6.07) is 6.21. The van der Waals surface area contributed by atoms with Crippen molar-refractivity contribution in [1.82, 2.24) is 24.9 Å². The van der Waals surface area contributed by atoms with Gasteiger partial charge in [-0.2, -0.15) is 0 Å². The zero-order valence-electron chi connectivity index (χ0n) is 13.4. The van der Waals surface area contributed by atoms with Gasteiger partial charge in [0.1, 0.15) is 10.8 Å². The summed E-state index contributed by atoms with van der Waals surface area (Å²) in [6.07, 6.45) is 5.28. The van der Waals surface area contributed by atoms with Crippen molar-refractivity contribution in [3.8, 4) is 0 Å². The first kappa shape index (κ1) is 15.9. The largest absolute Gasteiger partial charge is 0.328 e. The van der Waals surface area contributed by atoms with E-state index in [-0.39, 0.29) is 17.8 Å². The lowest BCUT2D eigenvalue weighted by Crippen LogP contribution is -2.30. The molecule has 1 amide bonds. The molecule has 128 valence electrons. The lowest BCUT2D eigenvalue weighted by atomic mass is 10.2. The average Bonchev–Trinajstić information content (AvgIpc) is 3.37. The third-order valence-electron chi connectivity index (χ3n) is 4.27. The molecule has 0 N–H and O–H groups in total. The van der Waals surface area contributed by atoms with Crippen LogP contribution in [-0.4, -0.2) is 37.3 Å². The first-order chi connectivity index (χ1) is 12.2. The Bertz CT molecular complexity index is 862. The first-order valence-electron chi connectivity index (χ1n) is 8.05. The smallest absolute Gasteiger partial charge is 0.276 e. The number of likely N-dealkylation sites (tertiary alicyclic amines) is 1. The van der Waals surface area contributed by atoms with Gasteiger partial charge in [0.2, 0.25) is 0 Å². The van der Waals surface area contributed by atoms with Crippen molar-refractivity contribution in [3.63, 3.8) is 0 Å². The number of amides is 1. The lowest BCUT2D eigenvalue weighted by molar-refractivity contribution is 0.0729. The average molecular weight is 357 g/mol. The molecule has 0 spiro atoms. The Balaban J connectivity index is 1.49. The molecular weight excluding hydrogens is 341 g/mol. The standard InChI is InChI=1S/C17H16FN5OS/c18-13-5-3-12(4-6-13)10-22-11-14(20-21-22)17(24)23-8-1-2-15(23)16-19-7-9-25-16/h3-7,9,11,15H,1-2,8,10H2. The minimum atomic E-state index is -0.277. The van der Waals surface area contributed by atoms with Gasteiger partial charge in [0.25, 0.3) is 5.91 Å². The van der Waals surface area contributed by atoms with E-state index in [1.54, 1.807) is 40.5 Å². The Morgan fingerprint density at radius 1 is 1.32 bits per heavy atom. The molecule has 1 aliphatic rings. The molecule has 0 saturated carbocycles. The van der Waals surface area contributed by atoms with Crippen LogP contribution in [0.5, 0.6) is 0 Å². The Morgan fingerprint density at radius 2 is 2.16 bits per heavy atom. The number of hydrogen-bond acceptors (Lipinski definition) is 5. The van der Waals surface area contributed by atoms with Crippen molar-refractivity contribution in [1.29, 1.82) is 0 Å². The Labute approximate surface area is 147 Å². The molecular formula is C17H16FN5OS. The summed E-state index contributed by atoms with van der Waals surface area (Å²) in [5.41, 5.74) is 1.22. The van der Waals surface area contributed by atoms with E-state index in [0.29, 0.717) is 18.8 Å². The maximum atomic E-state index is 13.0. The summed E-state index contributed by atoms with van der Waals surface area (Å²) < 4.78 is 14.6. The molecule has 3 aromatic rings. The summed E-state index contributed by atoms with van der Waals surface area (Å²) in [6.45, 7) is 1.14. The molecule has 6 nitrogen and oxygen atoms in total. The van der Waals surface area contributed by atoms with Crippen molar-refractivity contribution in [2.75, 3.05) is 6.54 Å². The fraction of sp³-hybridized carbons (Fsp3) is 0.294. The number of aromatic nitrogens is 4. The van der Waals surface area contributed by atoms with Crippen molar-refractivity contribution in [3.05, 3.63) is 64.1 Å². The molecule has 1 fully saturated rings. The fourth-order valence-corrected chi connectivity index (χ4v) is 3.85. The van der Waals surface area contributed by atoms with Crippen LogP contribution in [-0.2, 0) is 6.54 Å². The number of carbonyl (C=O) groups is 1. The van der Waals surface area contributed by atoms with Gasteiger partial charge in [-0.1, -0.05) is 17.3 Å². The number of thiazole rings is 1. The highest BCUT2D eigenvalue weighted by Gasteiger charge is 2.33. The molecule has 3 heterocycles. The van der Waals surface area contributed by atoms with Gasteiger partial charge in [-0.3, -0.25) is 4.79 Å². The minimum absolute atomic E-state index is 0.0229. The van der Waals surface area contributed by atoms with Crippen LogP contribution in [0.15, 0.2) is 42.0 Å². The molecule has 0 radical (unpaired) electrons. The number of carbonyl (C=O) groups excluding carboxylic acids is 1. The summed E-state index contributed by atoms with van der Waals surface area (Å²) in [5.74, 6) is -0.400. The molecule has 8 heteroatoms. The number of rotatable bonds is 4. The van der Waals surface area contributed by atoms with Crippen LogP contribution < -0.4 is 0 Å². The molecule has 1 unspecified atom stereocenters. The highest BCUT2D eigenvalue weighted by Crippen LogP contribution is 2.33. The quantitative estimate of drug-likeness (QED) is 0.720. The summed E-state index contributed by atoms with van der Waals surface area (Å²) in [7, 11) is 0. The third kappa shape index (κ3) is 3.30. The van der Waals surface area contributed by atoms with E-state index in [1.165, 1.54) is 12.1 Å². The molecule has 25 heavy (non-hydrogen) atoms. The second kappa shape index (κ2) is 6.72. The van der Waals surface area contributed by atoms with E-state index in [9.17, 15) is 9.18 Å². The normalized spacial score (nSPS) is 17.2. The molecule has 1 saturated heterocycles. The van der Waals surface area contributed by atoms with Crippen molar-refractivity contribution < 1.29 is 9.18 Å². The molecule has 4 rings (SSSR count). The van der Waals surface area contributed by atoms with Crippen LogP contribution in [0.1, 0.15) is 39.9 Å². The van der Waals surface area contributed by atoms with E-state index < -0.39 is 0 Å². The maximum absolute atomic E-state index is 13.0. The zero-order chi connectivity index (χ0) is 17.2. The van der Waals surface area contributed by atoms with Crippen molar-refractivity contribution >= 4 is 17.2 Å². The number of hydrogen-bond donors (Lipinski definition) is 0. The molecule has 0 aliphatic carbocycles. The topological polar surface area (TPSA) is 63.9 Å². The van der Waals surface area contributed by atoms with E-state index in [0.717, 1.165) is 23.4 Å². The molecule has 2 aromatic heterocycles. The summed E-state index contributed by atoms with van der Waals surface area (Å²) in [4.78, 5) is 19.0. The third-order valence-corrected chi connectivity index (χ3v) is 5.14. The maximum Gasteiger partial charge on any atom is 0.276 e. The Kier molecular flexibility index (Phi) is 4.27. The predicted octanol–water partition coefficient (Wildman–Crippen LogP) is 2.90. The lowest BCUT2D eigenvalue weighted by Gasteiger charge is -2.21. The van der Waals surface area contributed by atoms with Crippen LogP contribution in [0.3, 0.4) is 0 Å². The fourth-order valence-electron chi connectivity index (χ4n) is 3.06. The van der Waals surface area contributed by atoms with Crippen LogP contribution in [0, 0.1) is 5.82 Å². The highest BCUT2D eigenvalue weighted by atomic mass is 32.1. The monoisotopic (exact) mass is 357 g/mol. The van der Waals surface area contributed by atoms with Gasteiger partial charge in [0.15, 0.2) is 5.69 Å².